The average molecular weight is 464 g/mol. The van der Waals surface area contributed by atoms with Crippen LogP contribution in [0.5, 0.6) is 6.08 Å². The summed E-state index contributed by atoms with van der Waals surface area (Å²) in [6.07, 6.45) is 12.0. The molecule has 5 saturated carbocycles. The Labute approximate surface area is 201 Å². The number of Topliss-reactive ketones (excluding diaryl/α,β-unsaturated/α-hetero) is 1. The number of oxazole rings is 1. The lowest BCUT2D eigenvalue weighted by molar-refractivity contribution is -0.147. The van der Waals surface area contributed by atoms with Crippen molar-refractivity contribution in [2.75, 3.05) is 6.61 Å². The molecule has 9 atom stereocenters. The number of rotatable bonds is 4. The highest BCUT2D eigenvalue weighted by Gasteiger charge is 2.64. The van der Waals surface area contributed by atoms with Crippen LogP contribution in [0.15, 0.2) is 28.7 Å². The first-order valence-electron chi connectivity index (χ1n) is 13.7. The molecule has 1 unspecified atom stereocenters. The molecule has 0 spiro atoms. The van der Waals surface area contributed by atoms with Gasteiger partial charge in [-0.2, -0.15) is 4.98 Å². The van der Waals surface area contributed by atoms with Crippen LogP contribution in [-0.2, 0) is 4.79 Å². The van der Waals surface area contributed by atoms with Crippen LogP contribution in [0.3, 0.4) is 0 Å². The number of para-hydroxylation sites is 2. The number of hydrogen-bond acceptors (Lipinski definition) is 5. The molecule has 1 heterocycles. The molecule has 0 aliphatic heterocycles. The minimum atomic E-state index is -0.297. The smallest absolute Gasteiger partial charge is 0.395 e. The molecule has 0 amide bonds. The molecule has 5 aliphatic carbocycles. The Kier molecular flexibility index (Phi) is 4.76. The van der Waals surface area contributed by atoms with Crippen molar-refractivity contribution >= 4 is 16.9 Å². The van der Waals surface area contributed by atoms with Crippen molar-refractivity contribution in [3.8, 4) is 6.08 Å². The first-order chi connectivity index (χ1) is 16.5. The molecular formula is C29H37NO4. The Morgan fingerprint density at radius 2 is 1.79 bits per heavy atom. The van der Waals surface area contributed by atoms with Crippen molar-refractivity contribution in [3.63, 3.8) is 0 Å². The number of fused-ring (bicyclic) bond motifs is 8. The monoisotopic (exact) mass is 463 g/mol. The fourth-order valence-corrected chi connectivity index (χ4v) is 9.55. The van der Waals surface area contributed by atoms with Gasteiger partial charge >= 0.3 is 6.08 Å². The van der Waals surface area contributed by atoms with Crippen molar-refractivity contribution in [3.05, 3.63) is 24.3 Å². The topological polar surface area (TPSA) is 72.6 Å². The van der Waals surface area contributed by atoms with Gasteiger partial charge in [-0.3, -0.25) is 4.79 Å². The van der Waals surface area contributed by atoms with Crippen LogP contribution in [0.1, 0.15) is 71.1 Å². The number of ketones is 1. The summed E-state index contributed by atoms with van der Waals surface area (Å²) in [5, 5.41) is 10.7. The van der Waals surface area contributed by atoms with E-state index in [4.69, 9.17) is 9.15 Å². The largest absolute Gasteiger partial charge is 0.442 e. The first kappa shape index (κ1) is 21.4. The zero-order valence-electron chi connectivity index (χ0n) is 20.2. The standard InChI is InChI=1S/C29H37NO4/c1-28-13-11-17-18-12-14-29(32)15-23(29)20(18)10-9-19(17)21(28)5-4-6-22(28)25(31)16-33-27-30-24-7-2-3-8-26(24)34-27/h2-3,7-8,17-23,32H,4-6,9-16H2,1H3/t17-,18-,19-,20+,21+,22-,23?,28+,29+/m1/s1. The van der Waals surface area contributed by atoms with Gasteiger partial charge in [0.25, 0.3) is 0 Å². The summed E-state index contributed by atoms with van der Waals surface area (Å²) in [5.74, 6) is 4.69. The average Bonchev–Trinajstić information content (AvgIpc) is 3.37. The number of benzene rings is 1. The minimum absolute atomic E-state index is 0.0544. The molecule has 7 rings (SSSR count). The summed E-state index contributed by atoms with van der Waals surface area (Å²) in [6, 6.07) is 7.59. The molecule has 1 aromatic heterocycles. The second-order valence-corrected chi connectivity index (χ2v) is 12.5. The number of carbonyl (C=O) groups excluding carboxylic acids is 1. The fourth-order valence-electron chi connectivity index (χ4n) is 9.55. The van der Waals surface area contributed by atoms with E-state index in [1.165, 1.54) is 32.1 Å². The molecule has 34 heavy (non-hydrogen) atoms. The van der Waals surface area contributed by atoms with E-state index < -0.39 is 0 Å². The normalized spacial score (nSPS) is 44.9. The van der Waals surface area contributed by atoms with Crippen molar-refractivity contribution < 1.29 is 19.1 Å². The maximum atomic E-state index is 13.5. The number of aromatic nitrogens is 1. The lowest BCUT2D eigenvalue weighted by Gasteiger charge is -2.60. The number of aliphatic hydroxyl groups is 1. The van der Waals surface area contributed by atoms with Crippen molar-refractivity contribution in [1.29, 1.82) is 0 Å². The molecule has 5 aliphatic rings. The molecule has 5 heteroatoms. The maximum Gasteiger partial charge on any atom is 0.395 e. The Morgan fingerprint density at radius 1 is 1.03 bits per heavy atom. The number of carbonyl (C=O) groups is 1. The van der Waals surface area contributed by atoms with Gasteiger partial charge in [0.1, 0.15) is 5.52 Å². The summed E-state index contributed by atoms with van der Waals surface area (Å²) >= 11 is 0. The molecular weight excluding hydrogens is 426 g/mol. The third-order valence-corrected chi connectivity index (χ3v) is 11.2. The van der Waals surface area contributed by atoms with E-state index in [9.17, 15) is 9.90 Å². The van der Waals surface area contributed by atoms with Gasteiger partial charge in [-0.15, -0.1) is 0 Å². The Bertz CT molecular complexity index is 1080. The number of hydrogen-bond donors (Lipinski definition) is 1. The molecule has 0 radical (unpaired) electrons. The zero-order chi connectivity index (χ0) is 23.1. The maximum absolute atomic E-state index is 13.5. The van der Waals surface area contributed by atoms with Gasteiger partial charge in [0, 0.05) is 5.92 Å². The number of nitrogens with zero attached hydrogens (tertiary/aromatic N) is 1. The second-order valence-electron chi connectivity index (χ2n) is 12.5. The van der Waals surface area contributed by atoms with E-state index >= 15 is 0 Å². The van der Waals surface area contributed by atoms with Gasteiger partial charge in [0.2, 0.25) is 0 Å². The Balaban J connectivity index is 1.06. The number of ether oxygens (including phenoxy) is 1. The summed E-state index contributed by atoms with van der Waals surface area (Å²) in [5.41, 5.74) is 1.24. The van der Waals surface area contributed by atoms with Crippen LogP contribution in [0.2, 0.25) is 0 Å². The lowest BCUT2D eigenvalue weighted by atomic mass is 9.45. The van der Waals surface area contributed by atoms with Crippen LogP contribution >= 0.6 is 0 Å². The van der Waals surface area contributed by atoms with E-state index in [2.05, 4.69) is 11.9 Å². The van der Waals surface area contributed by atoms with Crippen LogP contribution in [0, 0.1) is 46.8 Å². The van der Waals surface area contributed by atoms with Gasteiger partial charge < -0.3 is 14.3 Å². The highest BCUT2D eigenvalue weighted by molar-refractivity contribution is 5.83. The summed E-state index contributed by atoms with van der Waals surface area (Å²) in [4.78, 5) is 17.9. The van der Waals surface area contributed by atoms with E-state index in [0.29, 0.717) is 17.4 Å². The van der Waals surface area contributed by atoms with Crippen LogP contribution in [-0.4, -0.2) is 28.1 Å². The molecule has 0 saturated heterocycles. The van der Waals surface area contributed by atoms with Gasteiger partial charge in [-0.25, -0.2) is 0 Å². The molecule has 0 bridgehead atoms. The van der Waals surface area contributed by atoms with E-state index in [1.54, 1.807) is 0 Å². The fraction of sp³-hybridized carbons (Fsp3) is 0.724. The zero-order valence-corrected chi connectivity index (χ0v) is 20.2. The summed E-state index contributed by atoms with van der Waals surface area (Å²) < 4.78 is 11.5. The molecule has 2 aromatic rings. The van der Waals surface area contributed by atoms with Crippen LogP contribution in [0.25, 0.3) is 11.1 Å². The van der Waals surface area contributed by atoms with Crippen LogP contribution < -0.4 is 4.74 Å². The van der Waals surface area contributed by atoms with Gasteiger partial charge in [0.15, 0.2) is 18.0 Å². The minimum Gasteiger partial charge on any atom is -0.442 e. The molecule has 1 N–H and O–H groups in total. The van der Waals surface area contributed by atoms with E-state index in [-0.39, 0.29) is 35.4 Å². The molecule has 5 nitrogen and oxygen atoms in total. The lowest BCUT2D eigenvalue weighted by Crippen LogP contribution is -2.54. The molecule has 1 aromatic carbocycles. The Morgan fingerprint density at radius 3 is 2.62 bits per heavy atom. The van der Waals surface area contributed by atoms with Crippen LogP contribution in [0.4, 0.5) is 0 Å². The third kappa shape index (κ3) is 3.14. The highest BCUT2D eigenvalue weighted by Crippen LogP contribution is 2.68. The van der Waals surface area contributed by atoms with Crippen molar-refractivity contribution in [2.24, 2.45) is 46.8 Å². The predicted molar refractivity (Wildman–Crippen MR) is 128 cm³/mol. The predicted octanol–water partition coefficient (Wildman–Crippen LogP) is 5.80. The quantitative estimate of drug-likeness (QED) is 0.621. The second kappa shape index (κ2) is 7.56. The van der Waals surface area contributed by atoms with Gasteiger partial charge in [-0.05, 0) is 111 Å². The van der Waals surface area contributed by atoms with Gasteiger partial charge in [0.05, 0.1) is 5.60 Å². The van der Waals surface area contributed by atoms with Gasteiger partial charge in [-0.1, -0.05) is 25.5 Å². The summed E-state index contributed by atoms with van der Waals surface area (Å²) in [7, 11) is 0. The third-order valence-electron chi connectivity index (χ3n) is 11.2. The van der Waals surface area contributed by atoms with E-state index in [0.717, 1.165) is 61.3 Å². The first-order valence-corrected chi connectivity index (χ1v) is 13.7. The molecule has 182 valence electrons. The molecule has 5 fully saturated rings. The highest BCUT2D eigenvalue weighted by atomic mass is 16.6. The van der Waals surface area contributed by atoms with E-state index in [1.807, 2.05) is 24.3 Å². The van der Waals surface area contributed by atoms with Crippen molar-refractivity contribution in [2.45, 2.75) is 76.7 Å². The van der Waals surface area contributed by atoms with Crippen molar-refractivity contribution in [1.82, 2.24) is 4.98 Å². The Hall–Kier alpha value is -1.88. The summed E-state index contributed by atoms with van der Waals surface area (Å²) in [6.45, 7) is 2.47. The SMILES string of the molecule is C[C@]12CC[C@@H]3[C@H]4CC[C@]5(O)CC5[C@H]4CC[C@H]3[C@@H]1CCC[C@@H]2C(=O)COc1nc2ccccc2o1.